The summed E-state index contributed by atoms with van der Waals surface area (Å²) in [5.41, 5.74) is -1.05. The lowest BCUT2D eigenvalue weighted by molar-refractivity contribution is -0.144. The number of likely N-dealkylation sites (tertiary alicyclic amines) is 1. The Kier molecular flexibility index (Phi) is 3.45. The van der Waals surface area contributed by atoms with E-state index >= 15 is 0 Å². The van der Waals surface area contributed by atoms with Crippen LogP contribution in [0.3, 0.4) is 0 Å². The number of ether oxygens (including phenoxy) is 1. The van der Waals surface area contributed by atoms with E-state index in [9.17, 15) is 18.0 Å². The van der Waals surface area contributed by atoms with Gasteiger partial charge in [-0.3, -0.25) is 9.59 Å². The average molecular weight is 368 g/mol. The molecule has 4 heterocycles. The summed E-state index contributed by atoms with van der Waals surface area (Å²) in [6, 6.07) is 0. The van der Waals surface area contributed by atoms with Gasteiger partial charge in [0.1, 0.15) is 5.60 Å². The van der Waals surface area contributed by atoms with Gasteiger partial charge < -0.3 is 14.5 Å². The third kappa shape index (κ3) is 2.44. The van der Waals surface area contributed by atoms with Crippen LogP contribution in [-0.2, 0) is 24.2 Å². The van der Waals surface area contributed by atoms with Gasteiger partial charge in [-0.1, -0.05) is 12.2 Å². The van der Waals surface area contributed by atoms with Gasteiger partial charge in [-0.15, -0.1) is 0 Å². The number of nitrogens with zero attached hydrogens (tertiary/aromatic N) is 2. The van der Waals surface area contributed by atoms with Crippen LogP contribution in [0.5, 0.6) is 0 Å². The number of hydrogen-bond acceptors (Lipinski definition) is 5. The van der Waals surface area contributed by atoms with Gasteiger partial charge in [-0.25, -0.2) is 8.42 Å². The first-order valence-corrected chi connectivity index (χ1v) is 10.5. The van der Waals surface area contributed by atoms with Gasteiger partial charge in [-0.2, -0.15) is 0 Å². The van der Waals surface area contributed by atoms with Crippen LogP contribution < -0.4 is 0 Å². The zero-order chi connectivity index (χ0) is 18.2. The lowest BCUT2D eigenvalue weighted by Crippen LogP contribution is -2.51. The van der Waals surface area contributed by atoms with E-state index in [1.165, 1.54) is 0 Å². The molecular formula is C17H24N2O5S. The first-order chi connectivity index (χ1) is 11.5. The normalized spacial score (nSPS) is 39.2. The van der Waals surface area contributed by atoms with Crippen molar-refractivity contribution in [3.8, 4) is 0 Å². The number of fused-ring (bicyclic) bond motifs is 1. The maximum absolute atomic E-state index is 13.1. The quantitative estimate of drug-likeness (QED) is 0.600. The van der Waals surface area contributed by atoms with Gasteiger partial charge >= 0.3 is 0 Å². The van der Waals surface area contributed by atoms with E-state index in [1.54, 1.807) is 9.80 Å². The van der Waals surface area contributed by atoms with E-state index in [0.29, 0.717) is 6.54 Å². The Hall–Kier alpha value is -1.41. The second kappa shape index (κ2) is 5.07. The topological polar surface area (TPSA) is 84.0 Å². The SMILES string of the molecule is CC(C)(C)N1C[C@]23C=C[C@H](O2)[C@@H](C(=O)N2CCS(=O)(=O)CC2)[C@H]3C1=O. The molecule has 3 fully saturated rings. The number of amides is 2. The van der Waals surface area contributed by atoms with Crippen LogP contribution in [0.4, 0.5) is 0 Å². The van der Waals surface area contributed by atoms with Crippen LogP contribution in [0.25, 0.3) is 0 Å². The lowest BCUT2D eigenvalue weighted by Gasteiger charge is -2.34. The van der Waals surface area contributed by atoms with Crippen LogP contribution >= 0.6 is 0 Å². The van der Waals surface area contributed by atoms with Crippen molar-refractivity contribution in [1.82, 2.24) is 9.80 Å². The minimum Gasteiger partial charge on any atom is -0.360 e. The predicted octanol–water partition coefficient (Wildman–Crippen LogP) is -0.176. The minimum atomic E-state index is -3.06. The fraction of sp³-hybridized carbons (Fsp3) is 0.765. The standard InChI is InChI=1S/C17H24N2O5S/c1-16(2,3)19-10-17-5-4-11(24-17)12(13(17)15(19)21)14(20)18-6-8-25(22,23)9-7-18/h4-5,11-13H,6-10H2,1-3H3/t11-,12+,13-,17-/m0/s1. The summed E-state index contributed by atoms with van der Waals surface area (Å²) in [6.45, 7) is 6.79. The van der Waals surface area contributed by atoms with Crippen molar-refractivity contribution in [3.63, 3.8) is 0 Å². The molecule has 4 atom stereocenters. The molecule has 4 aliphatic heterocycles. The molecular weight excluding hydrogens is 344 g/mol. The first kappa shape index (κ1) is 17.0. The molecule has 3 saturated heterocycles. The largest absolute Gasteiger partial charge is 0.360 e. The number of hydrogen-bond donors (Lipinski definition) is 0. The summed E-state index contributed by atoms with van der Waals surface area (Å²) < 4.78 is 29.3. The molecule has 0 aromatic rings. The van der Waals surface area contributed by atoms with Gasteiger partial charge in [0.15, 0.2) is 9.84 Å². The van der Waals surface area contributed by atoms with Gasteiger partial charge in [0, 0.05) is 18.6 Å². The molecule has 0 aromatic heterocycles. The molecule has 0 saturated carbocycles. The lowest BCUT2D eigenvalue weighted by atomic mass is 9.76. The van der Waals surface area contributed by atoms with Crippen molar-refractivity contribution in [2.45, 2.75) is 38.0 Å². The number of rotatable bonds is 1. The molecule has 4 rings (SSSR count). The Morgan fingerprint density at radius 2 is 1.92 bits per heavy atom. The number of carbonyl (C=O) groups excluding carboxylic acids is 2. The molecule has 25 heavy (non-hydrogen) atoms. The number of carbonyl (C=O) groups is 2. The zero-order valence-corrected chi connectivity index (χ0v) is 15.6. The monoisotopic (exact) mass is 368 g/mol. The molecule has 0 aromatic carbocycles. The third-order valence-electron chi connectivity index (χ3n) is 5.85. The third-order valence-corrected chi connectivity index (χ3v) is 7.46. The van der Waals surface area contributed by atoms with E-state index < -0.39 is 27.3 Å². The Bertz CT molecular complexity index is 754. The fourth-order valence-corrected chi connectivity index (χ4v) is 5.69. The summed E-state index contributed by atoms with van der Waals surface area (Å²) in [5, 5.41) is 0. The van der Waals surface area contributed by atoms with Gasteiger partial charge in [-0.05, 0) is 20.8 Å². The molecule has 0 unspecified atom stereocenters. The average Bonchev–Trinajstić information content (AvgIpc) is 3.14. The highest BCUT2D eigenvalue weighted by molar-refractivity contribution is 7.91. The second-order valence-electron chi connectivity index (χ2n) is 8.47. The van der Waals surface area contributed by atoms with Gasteiger partial charge in [0.25, 0.3) is 0 Å². The van der Waals surface area contributed by atoms with Crippen LogP contribution in [0, 0.1) is 11.8 Å². The molecule has 2 amide bonds. The summed E-state index contributed by atoms with van der Waals surface area (Å²) in [6.07, 6.45) is 3.44. The maximum atomic E-state index is 13.1. The first-order valence-electron chi connectivity index (χ1n) is 8.72. The molecule has 0 N–H and O–H groups in total. The van der Waals surface area contributed by atoms with E-state index in [4.69, 9.17) is 4.74 Å². The molecule has 1 spiro atoms. The van der Waals surface area contributed by atoms with E-state index in [1.807, 2.05) is 32.9 Å². The maximum Gasteiger partial charge on any atom is 0.230 e. The van der Waals surface area contributed by atoms with Crippen molar-refractivity contribution in [2.24, 2.45) is 11.8 Å². The highest BCUT2D eigenvalue weighted by atomic mass is 32.2. The Morgan fingerprint density at radius 1 is 1.28 bits per heavy atom. The molecule has 138 valence electrons. The summed E-state index contributed by atoms with van der Waals surface area (Å²) in [7, 11) is -3.06. The molecule has 7 nitrogen and oxygen atoms in total. The van der Waals surface area contributed by atoms with E-state index in [2.05, 4.69) is 0 Å². The zero-order valence-electron chi connectivity index (χ0n) is 14.8. The molecule has 0 radical (unpaired) electrons. The molecule has 4 aliphatic rings. The predicted molar refractivity (Wildman–Crippen MR) is 90.4 cm³/mol. The van der Waals surface area contributed by atoms with Crippen molar-refractivity contribution in [2.75, 3.05) is 31.1 Å². The molecule has 8 heteroatoms. The second-order valence-corrected chi connectivity index (χ2v) is 10.8. The Labute approximate surface area is 147 Å². The van der Waals surface area contributed by atoms with E-state index in [0.717, 1.165) is 0 Å². The fourth-order valence-electron chi connectivity index (χ4n) is 4.49. The van der Waals surface area contributed by atoms with Crippen molar-refractivity contribution in [1.29, 1.82) is 0 Å². The van der Waals surface area contributed by atoms with Crippen molar-refractivity contribution >= 4 is 21.7 Å². The highest BCUT2D eigenvalue weighted by Crippen LogP contribution is 2.53. The van der Waals surface area contributed by atoms with Crippen molar-refractivity contribution < 1.29 is 22.7 Å². The van der Waals surface area contributed by atoms with Gasteiger partial charge in [0.2, 0.25) is 11.8 Å². The van der Waals surface area contributed by atoms with Crippen LogP contribution in [-0.4, -0.2) is 78.4 Å². The summed E-state index contributed by atoms with van der Waals surface area (Å²) in [4.78, 5) is 29.5. The van der Waals surface area contributed by atoms with Crippen LogP contribution in [0.1, 0.15) is 20.8 Å². The van der Waals surface area contributed by atoms with Gasteiger partial charge in [0.05, 0.1) is 36.0 Å². The Balaban J connectivity index is 1.61. The smallest absolute Gasteiger partial charge is 0.230 e. The number of sulfone groups is 1. The minimum absolute atomic E-state index is 0.00923. The van der Waals surface area contributed by atoms with Crippen molar-refractivity contribution in [3.05, 3.63) is 12.2 Å². The van der Waals surface area contributed by atoms with Crippen LogP contribution in [0.2, 0.25) is 0 Å². The molecule has 0 aliphatic carbocycles. The van der Waals surface area contributed by atoms with Crippen LogP contribution in [0.15, 0.2) is 12.2 Å². The Morgan fingerprint density at radius 3 is 2.52 bits per heavy atom. The molecule has 2 bridgehead atoms. The van der Waals surface area contributed by atoms with E-state index in [-0.39, 0.29) is 48.1 Å². The summed E-state index contributed by atoms with van der Waals surface area (Å²) >= 11 is 0. The highest BCUT2D eigenvalue weighted by Gasteiger charge is 2.68. The summed E-state index contributed by atoms with van der Waals surface area (Å²) in [5.74, 6) is -1.27.